The van der Waals surface area contributed by atoms with Crippen molar-refractivity contribution in [2.75, 3.05) is 6.61 Å². The Bertz CT molecular complexity index is 814. The maximum atomic E-state index is 11.9. The predicted octanol–water partition coefficient (Wildman–Crippen LogP) is 1.63. The van der Waals surface area contributed by atoms with Gasteiger partial charge in [0.2, 0.25) is 0 Å². The minimum absolute atomic E-state index is 0.0388. The molecule has 2 aromatic rings. The van der Waals surface area contributed by atoms with E-state index in [-0.39, 0.29) is 24.4 Å². The van der Waals surface area contributed by atoms with Crippen LogP contribution in [0.25, 0.3) is 11.0 Å². The second kappa shape index (κ2) is 6.41. The average molecular weight is 359 g/mol. The van der Waals surface area contributed by atoms with Crippen molar-refractivity contribution < 1.29 is 18.7 Å². The standard InChI is InChI=1S/C13H18N3O5PS/c1-8-4-16(12-11(8)13(17)15-7-14-12)5-9-2-3-10(21-9)6-20-22(18,19)23/h4,7,9-10H,2-3,5-6H2,1H3,(H,14,15,17)(H2,18,19,23)/t9-,10+/m1/s1. The van der Waals surface area contributed by atoms with Crippen LogP contribution in [0.2, 0.25) is 0 Å². The summed E-state index contributed by atoms with van der Waals surface area (Å²) < 4.78 is 23.5. The summed E-state index contributed by atoms with van der Waals surface area (Å²) in [5, 5.41) is 0.585. The van der Waals surface area contributed by atoms with Gasteiger partial charge >= 0.3 is 6.80 Å². The summed E-state index contributed by atoms with van der Waals surface area (Å²) in [6.07, 6.45) is 4.53. The second-order valence-corrected chi connectivity index (χ2v) is 8.39. The van der Waals surface area contributed by atoms with E-state index in [0.717, 1.165) is 18.4 Å². The van der Waals surface area contributed by atoms with Crippen molar-refractivity contribution >= 4 is 30.1 Å². The maximum Gasteiger partial charge on any atom is 0.383 e. The SMILES string of the molecule is Cc1cn(C[C@H]2CC[C@@H](COP(=O)(O)S)O2)c2nc[nH]c(=O)c12. The van der Waals surface area contributed by atoms with E-state index < -0.39 is 6.80 Å². The topological polar surface area (TPSA) is 106 Å². The number of H-pyrrole nitrogens is 1. The number of hydrogen-bond acceptors (Lipinski definition) is 5. The number of fused-ring (bicyclic) bond motifs is 1. The first kappa shape index (κ1) is 16.7. The molecular formula is C13H18N3O5PS. The van der Waals surface area contributed by atoms with Crippen LogP contribution >= 0.6 is 19.0 Å². The van der Waals surface area contributed by atoms with Gasteiger partial charge in [0.1, 0.15) is 5.65 Å². The van der Waals surface area contributed by atoms with Crippen LogP contribution in [0.15, 0.2) is 17.3 Å². The number of aromatic nitrogens is 3. The summed E-state index contributed by atoms with van der Waals surface area (Å²) in [7, 11) is 0. The van der Waals surface area contributed by atoms with E-state index in [4.69, 9.17) is 14.2 Å². The molecule has 1 unspecified atom stereocenters. The Kier molecular flexibility index (Phi) is 4.66. The molecule has 8 nitrogen and oxygen atoms in total. The van der Waals surface area contributed by atoms with Crippen LogP contribution in [0, 0.1) is 6.92 Å². The number of rotatable bonds is 5. The first-order valence-electron chi connectivity index (χ1n) is 7.22. The highest BCUT2D eigenvalue weighted by Gasteiger charge is 2.28. The summed E-state index contributed by atoms with van der Waals surface area (Å²) in [4.78, 5) is 27.7. The average Bonchev–Trinajstić information content (AvgIpc) is 3.03. The fourth-order valence-corrected chi connectivity index (χ4v) is 3.46. The number of ether oxygens (including phenoxy) is 1. The molecule has 3 heterocycles. The highest BCUT2D eigenvalue weighted by atomic mass is 32.7. The zero-order chi connectivity index (χ0) is 16.6. The predicted molar refractivity (Wildman–Crippen MR) is 87.7 cm³/mol. The molecule has 2 aromatic heterocycles. The Hall–Kier alpha value is -1.12. The van der Waals surface area contributed by atoms with Gasteiger partial charge in [-0.05, 0) is 25.3 Å². The molecule has 0 bridgehead atoms. The van der Waals surface area contributed by atoms with Crippen LogP contribution in [0.4, 0.5) is 0 Å². The summed E-state index contributed by atoms with van der Waals surface area (Å²) in [6.45, 7) is -1.31. The van der Waals surface area contributed by atoms with Gasteiger partial charge in [0, 0.05) is 6.20 Å². The van der Waals surface area contributed by atoms with Crippen LogP contribution in [0.3, 0.4) is 0 Å². The smallest absolute Gasteiger partial charge is 0.371 e. The van der Waals surface area contributed by atoms with E-state index in [9.17, 15) is 9.36 Å². The van der Waals surface area contributed by atoms with Gasteiger partial charge in [0.15, 0.2) is 0 Å². The first-order valence-corrected chi connectivity index (χ1v) is 9.95. The van der Waals surface area contributed by atoms with Crippen LogP contribution in [0.5, 0.6) is 0 Å². The highest BCUT2D eigenvalue weighted by molar-refractivity contribution is 8.44. The van der Waals surface area contributed by atoms with Gasteiger partial charge in [-0.15, -0.1) is 0 Å². The molecule has 1 fully saturated rings. The minimum atomic E-state index is -3.78. The lowest BCUT2D eigenvalue weighted by molar-refractivity contribution is 0.0102. The molecule has 0 saturated carbocycles. The zero-order valence-corrected chi connectivity index (χ0v) is 14.3. The third kappa shape index (κ3) is 3.87. The van der Waals surface area contributed by atoms with Gasteiger partial charge in [0.25, 0.3) is 5.56 Å². The van der Waals surface area contributed by atoms with E-state index in [1.165, 1.54) is 6.33 Å². The van der Waals surface area contributed by atoms with Gasteiger partial charge < -0.3 is 19.2 Å². The van der Waals surface area contributed by atoms with Crippen molar-refractivity contribution in [1.82, 2.24) is 14.5 Å². The van der Waals surface area contributed by atoms with E-state index in [2.05, 4.69) is 22.2 Å². The number of nitrogens with one attached hydrogen (secondary N) is 1. The van der Waals surface area contributed by atoms with Gasteiger partial charge in [0.05, 0.1) is 37.1 Å². The van der Waals surface area contributed by atoms with Gasteiger partial charge in [-0.3, -0.25) is 9.32 Å². The van der Waals surface area contributed by atoms with Crippen molar-refractivity contribution in [3.63, 3.8) is 0 Å². The van der Waals surface area contributed by atoms with Gasteiger partial charge in [-0.25, -0.2) is 9.55 Å². The second-order valence-electron chi connectivity index (χ2n) is 5.64. The Balaban J connectivity index is 1.68. The number of aryl methyl sites for hydroxylation is 1. The van der Waals surface area contributed by atoms with Crippen LogP contribution in [-0.2, 0) is 20.4 Å². The third-order valence-corrected chi connectivity index (χ3v) is 4.71. The van der Waals surface area contributed by atoms with Crippen LogP contribution in [0.1, 0.15) is 18.4 Å². The van der Waals surface area contributed by atoms with E-state index in [1.807, 2.05) is 17.7 Å². The summed E-state index contributed by atoms with van der Waals surface area (Å²) >= 11 is 3.47. The summed E-state index contributed by atoms with van der Waals surface area (Å²) in [6, 6.07) is 0. The molecule has 1 aliphatic rings. The Morgan fingerprint density at radius 1 is 1.57 bits per heavy atom. The summed E-state index contributed by atoms with van der Waals surface area (Å²) in [5.74, 6) is 0. The fraction of sp³-hybridized carbons (Fsp3) is 0.538. The lowest BCUT2D eigenvalue weighted by Gasteiger charge is -2.15. The monoisotopic (exact) mass is 359 g/mol. The van der Waals surface area contributed by atoms with Crippen molar-refractivity contribution in [2.24, 2.45) is 0 Å². The number of aromatic amines is 1. The van der Waals surface area contributed by atoms with Crippen molar-refractivity contribution in [1.29, 1.82) is 0 Å². The fourth-order valence-electron chi connectivity index (χ4n) is 2.90. The molecule has 1 saturated heterocycles. The number of hydrogen-bond donors (Lipinski definition) is 3. The highest BCUT2D eigenvalue weighted by Crippen LogP contribution is 2.47. The van der Waals surface area contributed by atoms with Crippen LogP contribution < -0.4 is 5.56 Å². The van der Waals surface area contributed by atoms with E-state index in [1.54, 1.807) is 0 Å². The van der Waals surface area contributed by atoms with Crippen LogP contribution in [-0.4, -0.2) is 38.2 Å². The van der Waals surface area contributed by atoms with E-state index in [0.29, 0.717) is 17.6 Å². The molecule has 3 atom stereocenters. The van der Waals surface area contributed by atoms with Crippen molar-refractivity contribution in [3.05, 3.63) is 28.4 Å². The van der Waals surface area contributed by atoms with Gasteiger partial charge in [-0.2, -0.15) is 0 Å². The molecule has 2 N–H and O–H groups in total. The molecule has 1 aliphatic heterocycles. The molecular weight excluding hydrogens is 341 g/mol. The number of nitrogens with zero attached hydrogens (tertiary/aromatic N) is 2. The molecule has 10 heteroatoms. The van der Waals surface area contributed by atoms with Gasteiger partial charge in [-0.1, -0.05) is 12.2 Å². The quantitative estimate of drug-likeness (QED) is 0.553. The van der Waals surface area contributed by atoms with Crippen molar-refractivity contribution in [3.8, 4) is 0 Å². The Labute approximate surface area is 137 Å². The maximum absolute atomic E-state index is 11.9. The summed E-state index contributed by atoms with van der Waals surface area (Å²) in [5.41, 5.74) is 1.34. The largest absolute Gasteiger partial charge is 0.383 e. The molecule has 3 rings (SSSR count). The van der Waals surface area contributed by atoms with Crippen molar-refractivity contribution in [2.45, 2.75) is 38.5 Å². The molecule has 23 heavy (non-hydrogen) atoms. The minimum Gasteiger partial charge on any atom is -0.371 e. The normalized spacial score (nSPS) is 24.1. The Morgan fingerprint density at radius 3 is 3.04 bits per heavy atom. The Morgan fingerprint density at radius 2 is 2.30 bits per heavy atom. The lowest BCUT2D eigenvalue weighted by Crippen LogP contribution is -2.20. The molecule has 0 spiro atoms. The third-order valence-electron chi connectivity index (χ3n) is 3.87. The number of thiol groups is 1. The molecule has 0 aliphatic carbocycles. The first-order chi connectivity index (χ1) is 10.8. The van der Waals surface area contributed by atoms with E-state index >= 15 is 0 Å². The zero-order valence-electron chi connectivity index (χ0n) is 12.5. The lowest BCUT2D eigenvalue weighted by atomic mass is 10.2. The molecule has 0 aromatic carbocycles. The molecule has 0 radical (unpaired) electrons. The molecule has 0 amide bonds. The molecule has 126 valence electrons.